The second-order valence-corrected chi connectivity index (χ2v) is 2.50. The summed E-state index contributed by atoms with van der Waals surface area (Å²) < 4.78 is 0. The molecule has 0 atom stereocenters. The van der Waals surface area contributed by atoms with Crippen molar-refractivity contribution in [2.45, 2.75) is 6.92 Å². The van der Waals surface area contributed by atoms with Gasteiger partial charge in [-0.05, 0) is 12.5 Å². The first-order chi connectivity index (χ1) is 6.43. The van der Waals surface area contributed by atoms with Gasteiger partial charge in [-0.1, -0.05) is 42.5 Å². The molecule has 1 aromatic carbocycles. The highest BCUT2D eigenvalue weighted by atomic mass is 17.2. The SMILES string of the molecule is CCOOCC=Cc1ccccc1. The molecule has 1 rings (SSSR count). The van der Waals surface area contributed by atoms with Gasteiger partial charge >= 0.3 is 0 Å². The molecule has 0 aromatic heterocycles. The van der Waals surface area contributed by atoms with Gasteiger partial charge in [-0.3, -0.25) is 0 Å². The van der Waals surface area contributed by atoms with Gasteiger partial charge in [-0.2, -0.15) is 0 Å². The fraction of sp³-hybridized carbons (Fsp3) is 0.273. The molecule has 0 saturated heterocycles. The van der Waals surface area contributed by atoms with E-state index in [4.69, 9.17) is 9.78 Å². The van der Waals surface area contributed by atoms with Gasteiger partial charge in [0.25, 0.3) is 0 Å². The van der Waals surface area contributed by atoms with Gasteiger partial charge in [-0.15, -0.1) is 0 Å². The van der Waals surface area contributed by atoms with Crippen molar-refractivity contribution in [3.63, 3.8) is 0 Å². The second kappa shape index (κ2) is 6.40. The second-order valence-electron chi connectivity index (χ2n) is 2.50. The lowest BCUT2D eigenvalue weighted by Crippen LogP contribution is -1.92. The van der Waals surface area contributed by atoms with E-state index in [2.05, 4.69) is 0 Å². The summed E-state index contributed by atoms with van der Waals surface area (Å²) in [5.41, 5.74) is 1.17. The molecule has 0 N–H and O–H groups in total. The van der Waals surface area contributed by atoms with Crippen LogP contribution in [0.3, 0.4) is 0 Å². The molecule has 2 heteroatoms. The van der Waals surface area contributed by atoms with E-state index >= 15 is 0 Å². The third-order valence-corrected chi connectivity index (χ3v) is 1.48. The molecule has 0 unspecified atom stereocenters. The molecular formula is C11H14O2. The van der Waals surface area contributed by atoms with Crippen molar-refractivity contribution in [2.75, 3.05) is 13.2 Å². The van der Waals surface area contributed by atoms with Crippen molar-refractivity contribution in [2.24, 2.45) is 0 Å². The average molecular weight is 178 g/mol. The van der Waals surface area contributed by atoms with Gasteiger partial charge < -0.3 is 0 Å². The highest BCUT2D eigenvalue weighted by Crippen LogP contribution is 2.00. The summed E-state index contributed by atoms with van der Waals surface area (Å²) >= 11 is 0. The Bertz CT molecular complexity index is 242. The summed E-state index contributed by atoms with van der Waals surface area (Å²) in [4.78, 5) is 9.54. The largest absolute Gasteiger partial charge is 0.237 e. The lowest BCUT2D eigenvalue weighted by atomic mass is 10.2. The van der Waals surface area contributed by atoms with Gasteiger partial charge in [0.05, 0.1) is 6.61 Å². The predicted octanol–water partition coefficient (Wildman–Crippen LogP) is 2.67. The lowest BCUT2D eigenvalue weighted by molar-refractivity contribution is -0.282. The zero-order valence-corrected chi connectivity index (χ0v) is 7.77. The number of hydrogen-bond donors (Lipinski definition) is 0. The van der Waals surface area contributed by atoms with Crippen LogP contribution in [0.4, 0.5) is 0 Å². The average Bonchev–Trinajstić information content (AvgIpc) is 2.19. The standard InChI is InChI=1S/C11H14O2/c1-2-12-13-10-6-9-11-7-4-3-5-8-11/h3-9H,2,10H2,1H3. The summed E-state index contributed by atoms with van der Waals surface area (Å²) in [6.07, 6.45) is 3.92. The van der Waals surface area contributed by atoms with Crippen molar-refractivity contribution in [1.29, 1.82) is 0 Å². The van der Waals surface area contributed by atoms with E-state index in [-0.39, 0.29) is 0 Å². The molecule has 0 spiro atoms. The molecule has 13 heavy (non-hydrogen) atoms. The van der Waals surface area contributed by atoms with Gasteiger partial charge in [-0.25, -0.2) is 9.78 Å². The van der Waals surface area contributed by atoms with E-state index < -0.39 is 0 Å². The van der Waals surface area contributed by atoms with E-state index in [1.54, 1.807) is 0 Å². The maximum absolute atomic E-state index is 4.82. The molecule has 0 aliphatic heterocycles. The minimum atomic E-state index is 0.489. The molecule has 0 aliphatic carbocycles. The Morgan fingerprint density at radius 2 is 1.92 bits per heavy atom. The smallest absolute Gasteiger partial charge is 0.101 e. The maximum Gasteiger partial charge on any atom is 0.101 e. The monoisotopic (exact) mass is 178 g/mol. The minimum Gasteiger partial charge on any atom is -0.237 e. The van der Waals surface area contributed by atoms with Crippen LogP contribution in [-0.4, -0.2) is 13.2 Å². The van der Waals surface area contributed by atoms with Crippen LogP contribution in [-0.2, 0) is 9.78 Å². The van der Waals surface area contributed by atoms with Crippen LogP contribution in [0.2, 0.25) is 0 Å². The highest BCUT2D eigenvalue weighted by molar-refractivity contribution is 5.48. The fourth-order valence-electron chi connectivity index (χ4n) is 0.919. The first-order valence-electron chi connectivity index (χ1n) is 4.39. The summed E-state index contributed by atoms with van der Waals surface area (Å²) in [6, 6.07) is 10.1. The van der Waals surface area contributed by atoms with Crippen LogP contribution in [0.15, 0.2) is 36.4 Å². The van der Waals surface area contributed by atoms with Gasteiger partial charge in [0.1, 0.15) is 6.61 Å². The Hall–Kier alpha value is -1.12. The van der Waals surface area contributed by atoms with Crippen LogP contribution in [0.5, 0.6) is 0 Å². The molecule has 0 bridgehead atoms. The molecule has 2 nitrogen and oxygen atoms in total. The molecule has 0 amide bonds. The van der Waals surface area contributed by atoms with E-state index in [0.29, 0.717) is 13.2 Å². The van der Waals surface area contributed by atoms with Crippen molar-refractivity contribution in [3.8, 4) is 0 Å². The van der Waals surface area contributed by atoms with Gasteiger partial charge in [0.15, 0.2) is 0 Å². The van der Waals surface area contributed by atoms with Crippen LogP contribution in [0.25, 0.3) is 6.08 Å². The van der Waals surface area contributed by atoms with E-state index in [9.17, 15) is 0 Å². The topological polar surface area (TPSA) is 18.5 Å². The molecule has 0 heterocycles. The maximum atomic E-state index is 4.82. The van der Waals surface area contributed by atoms with E-state index in [1.165, 1.54) is 5.56 Å². The summed E-state index contributed by atoms with van der Waals surface area (Å²) in [5, 5.41) is 0. The first-order valence-corrected chi connectivity index (χ1v) is 4.39. The Kier molecular flexibility index (Phi) is 4.91. The molecular weight excluding hydrogens is 164 g/mol. The van der Waals surface area contributed by atoms with Crippen LogP contribution in [0.1, 0.15) is 12.5 Å². The Morgan fingerprint density at radius 3 is 2.62 bits per heavy atom. The molecule has 70 valence electrons. The summed E-state index contributed by atoms with van der Waals surface area (Å²) in [6.45, 7) is 2.96. The van der Waals surface area contributed by atoms with E-state index in [0.717, 1.165) is 0 Å². The van der Waals surface area contributed by atoms with E-state index in [1.807, 2.05) is 49.4 Å². The quantitative estimate of drug-likeness (QED) is 0.392. The Labute approximate surface area is 78.7 Å². The van der Waals surface area contributed by atoms with Gasteiger partial charge in [0, 0.05) is 0 Å². The molecule has 0 saturated carbocycles. The molecule has 0 fully saturated rings. The Morgan fingerprint density at radius 1 is 1.15 bits per heavy atom. The predicted molar refractivity (Wildman–Crippen MR) is 53.1 cm³/mol. The minimum absolute atomic E-state index is 0.489. The van der Waals surface area contributed by atoms with Crippen molar-refractivity contribution >= 4 is 6.08 Å². The number of hydrogen-bond acceptors (Lipinski definition) is 2. The van der Waals surface area contributed by atoms with Crippen LogP contribution >= 0.6 is 0 Å². The zero-order valence-electron chi connectivity index (χ0n) is 7.77. The molecule has 0 radical (unpaired) electrons. The summed E-state index contributed by atoms with van der Waals surface area (Å²) in [7, 11) is 0. The molecule has 0 aliphatic rings. The van der Waals surface area contributed by atoms with Crippen molar-refractivity contribution in [1.82, 2.24) is 0 Å². The van der Waals surface area contributed by atoms with Gasteiger partial charge in [0.2, 0.25) is 0 Å². The fourth-order valence-corrected chi connectivity index (χ4v) is 0.919. The lowest BCUT2D eigenvalue weighted by Gasteiger charge is -1.95. The van der Waals surface area contributed by atoms with Crippen LogP contribution in [0, 0.1) is 0 Å². The third kappa shape index (κ3) is 4.45. The normalized spacial score (nSPS) is 10.8. The first kappa shape index (κ1) is 9.96. The number of benzene rings is 1. The van der Waals surface area contributed by atoms with Crippen LogP contribution < -0.4 is 0 Å². The summed E-state index contributed by atoms with van der Waals surface area (Å²) in [5.74, 6) is 0. The van der Waals surface area contributed by atoms with Crippen molar-refractivity contribution < 1.29 is 9.78 Å². The third-order valence-electron chi connectivity index (χ3n) is 1.48. The zero-order chi connectivity index (χ0) is 9.36. The highest BCUT2D eigenvalue weighted by Gasteiger charge is 1.83. The van der Waals surface area contributed by atoms with Crippen molar-refractivity contribution in [3.05, 3.63) is 42.0 Å². The number of rotatable bonds is 5. The molecule has 1 aromatic rings. The Balaban J connectivity index is 2.25.